The third-order valence-electron chi connectivity index (χ3n) is 2.63. The number of para-hydroxylation sites is 1. The van der Waals surface area contributed by atoms with Crippen LogP contribution in [0.25, 0.3) is 5.69 Å². The Kier molecular flexibility index (Phi) is 2.16. The predicted octanol–water partition coefficient (Wildman–Crippen LogP) is 3.40. The summed E-state index contributed by atoms with van der Waals surface area (Å²) in [6.07, 6.45) is 0. The van der Waals surface area contributed by atoms with Crippen molar-refractivity contribution in [3.63, 3.8) is 0 Å². The van der Waals surface area contributed by atoms with Gasteiger partial charge in [0.15, 0.2) is 0 Å². The van der Waals surface area contributed by atoms with Crippen molar-refractivity contribution in [1.82, 2.24) is 4.57 Å². The molecule has 14 heavy (non-hydrogen) atoms. The lowest BCUT2D eigenvalue weighted by Gasteiger charge is -2.11. The van der Waals surface area contributed by atoms with Gasteiger partial charge in [-0.15, -0.1) is 0 Å². The number of hydrogen-bond donors (Lipinski definition) is 0. The van der Waals surface area contributed by atoms with Crippen LogP contribution < -0.4 is 0 Å². The molecule has 0 aliphatic heterocycles. The monoisotopic (exact) mass is 185 g/mol. The van der Waals surface area contributed by atoms with Crippen LogP contribution in [0.2, 0.25) is 0 Å². The molecule has 0 radical (unpaired) electrons. The molecule has 0 fully saturated rings. The normalized spacial score (nSPS) is 10.5. The lowest BCUT2D eigenvalue weighted by molar-refractivity contribution is 0.955. The van der Waals surface area contributed by atoms with E-state index in [0.29, 0.717) is 0 Å². The molecule has 1 aromatic heterocycles. The zero-order valence-electron chi connectivity index (χ0n) is 8.91. The Morgan fingerprint density at radius 1 is 0.786 bits per heavy atom. The maximum atomic E-state index is 2.29. The van der Waals surface area contributed by atoms with Crippen LogP contribution in [0, 0.1) is 20.8 Å². The van der Waals surface area contributed by atoms with E-state index >= 15 is 0 Å². The number of nitrogens with zero attached hydrogens (tertiary/aromatic N) is 1. The van der Waals surface area contributed by atoms with Crippen molar-refractivity contribution < 1.29 is 0 Å². The highest BCUT2D eigenvalue weighted by molar-refractivity contribution is 5.43. The van der Waals surface area contributed by atoms with Gasteiger partial charge in [0, 0.05) is 17.1 Å². The third kappa shape index (κ3) is 1.35. The summed E-state index contributed by atoms with van der Waals surface area (Å²) in [6.45, 7) is 6.42. The summed E-state index contributed by atoms with van der Waals surface area (Å²) in [7, 11) is 0. The Bertz CT molecular complexity index is 433. The minimum atomic E-state index is 1.28. The van der Waals surface area contributed by atoms with Crippen molar-refractivity contribution in [1.29, 1.82) is 0 Å². The van der Waals surface area contributed by atoms with Gasteiger partial charge in [-0.25, -0.2) is 0 Å². The molecule has 1 aromatic carbocycles. The summed E-state index contributed by atoms with van der Waals surface area (Å²) in [5.41, 5.74) is 5.18. The van der Waals surface area contributed by atoms with Crippen LogP contribution in [-0.4, -0.2) is 4.57 Å². The molecule has 0 bridgehead atoms. The lowest BCUT2D eigenvalue weighted by atomic mass is 10.2. The van der Waals surface area contributed by atoms with Gasteiger partial charge < -0.3 is 4.57 Å². The number of hydrogen-bond acceptors (Lipinski definition) is 0. The molecule has 2 aromatic rings. The molecule has 2 rings (SSSR count). The van der Waals surface area contributed by atoms with Gasteiger partial charge >= 0.3 is 0 Å². The van der Waals surface area contributed by atoms with Gasteiger partial charge in [-0.05, 0) is 44.5 Å². The molecule has 0 atom stereocenters. The highest BCUT2D eigenvalue weighted by Gasteiger charge is 2.04. The maximum absolute atomic E-state index is 2.29. The fourth-order valence-corrected chi connectivity index (χ4v) is 1.86. The minimum Gasteiger partial charge on any atom is -0.318 e. The topological polar surface area (TPSA) is 4.93 Å². The van der Waals surface area contributed by atoms with Crippen LogP contribution in [0.3, 0.4) is 0 Å². The first-order valence-electron chi connectivity index (χ1n) is 4.91. The second-order valence-corrected chi connectivity index (χ2v) is 3.74. The van der Waals surface area contributed by atoms with Gasteiger partial charge in [0.1, 0.15) is 0 Å². The summed E-state index contributed by atoms with van der Waals surface area (Å²) in [6, 6.07) is 12.8. The fourth-order valence-electron chi connectivity index (χ4n) is 1.86. The fraction of sp³-hybridized carbons (Fsp3) is 0.231. The number of aryl methyl sites for hydroxylation is 3. The van der Waals surface area contributed by atoms with Crippen LogP contribution in [0.15, 0.2) is 36.4 Å². The second-order valence-electron chi connectivity index (χ2n) is 3.74. The van der Waals surface area contributed by atoms with Gasteiger partial charge in [-0.2, -0.15) is 0 Å². The first-order chi connectivity index (χ1) is 6.70. The Morgan fingerprint density at radius 3 is 1.93 bits per heavy atom. The van der Waals surface area contributed by atoms with Crippen LogP contribution in [0.4, 0.5) is 0 Å². The summed E-state index contributed by atoms with van der Waals surface area (Å²) in [4.78, 5) is 0. The second kappa shape index (κ2) is 3.33. The summed E-state index contributed by atoms with van der Waals surface area (Å²) < 4.78 is 2.29. The van der Waals surface area contributed by atoms with Gasteiger partial charge in [0.2, 0.25) is 0 Å². The Hall–Kier alpha value is -1.50. The Morgan fingerprint density at radius 2 is 1.36 bits per heavy atom. The number of aromatic nitrogens is 1. The lowest BCUT2D eigenvalue weighted by Crippen LogP contribution is -2.00. The highest BCUT2D eigenvalue weighted by atomic mass is 15.0. The van der Waals surface area contributed by atoms with Crippen LogP contribution >= 0.6 is 0 Å². The quantitative estimate of drug-likeness (QED) is 0.641. The van der Waals surface area contributed by atoms with E-state index < -0.39 is 0 Å². The van der Waals surface area contributed by atoms with Crippen molar-refractivity contribution in [2.45, 2.75) is 20.8 Å². The van der Waals surface area contributed by atoms with Gasteiger partial charge in [0.25, 0.3) is 0 Å². The molecular weight excluding hydrogens is 170 g/mol. The first kappa shape index (κ1) is 9.07. The molecule has 1 heteroatoms. The molecular formula is C13H15N. The molecule has 0 unspecified atom stereocenters. The van der Waals surface area contributed by atoms with Crippen molar-refractivity contribution in [3.05, 3.63) is 53.3 Å². The summed E-state index contributed by atoms with van der Waals surface area (Å²) >= 11 is 0. The van der Waals surface area contributed by atoms with E-state index in [-0.39, 0.29) is 0 Å². The van der Waals surface area contributed by atoms with E-state index in [0.717, 1.165) is 0 Å². The van der Waals surface area contributed by atoms with E-state index in [1.165, 1.54) is 22.6 Å². The Labute approximate surface area is 85.0 Å². The average molecular weight is 185 g/mol. The Balaban J connectivity index is 2.66. The molecule has 0 saturated carbocycles. The van der Waals surface area contributed by atoms with E-state index in [1.807, 2.05) is 0 Å². The first-order valence-corrected chi connectivity index (χ1v) is 4.91. The van der Waals surface area contributed by atoms with Crippen molar-refractivity contribution in [2.24, 2.45) is 0 Å². The molecule has 0 amide bonds. The zero-order chi connectivity index (χ0) is 10.1. The number of benzene rings is 1. The molecule has 0 spiro atoms. The molecule has 1 nitrogen and oxygen atoms in total. The minimum absolute atomic E-state index is 1.28. The van der Waals surface area contributed by atoms with E-state index in [4.69, 9.17) is 0 Å². The molecule has 0 N–H and O–H groups in total. The molecule has 72 valence electrons. The zero-order valence-corrected chi connectivity index (χ0v) is 8.91. The van der Waals surface area contributed by atoms with Crippen LogP contribution in [0.5, 0.6) is 0 Å². The summed E-state index contributed by atoms with van der Waals surface area (Å²) in [5, 5.41) is 0. The van der Waals surface area contributed by atoms with E-state index in [9.17, 15) is 0 Å². The van der Waals surface area contributed by atoms with E-state index in [2.05, 4.69) is 61.7 Å². The van der Waals surface area contributed by atoms with Crippen LogP contribution in [-0.2, 0) is 0 Å². The van der Waals surface area contributed by atoms with Gasteiger partial charge in [0.05, 0.1) is 0 Å². The molecule has 1 heterocycles. The van der Waals surface area contributed by atoms with Gasteiger partial charge in [-0.1, -0.05) is 18.2 Å². The third-order valence-corrected chi connectivity index (χ3v) is 2.63. The van der Waals surface area contributed by atoms with Crippen molar-refractivity contribution >= 4 is 0 Å². The SMILES string of the molecule is Cc1ccccc1-n1c(C)ccc1C. The van der Waals surface area contributed by atoms with Crippen LogP contribution in [0.1, 0.15) is 17.0 Å². The maximum Gasteiger partial charge on any atom is 0.0484 e. The summed E-state index contributed by atoms with van der Waals surface area (Å²) in [5.74, 6) is 0. The average Bonchev–Trinajstić information content (AvgIpc) is 2.48. The van der Waals surface area contributed by atoms with E-state index in [1.54, 1.807) is 0 Å². The molecule has 0 saturated heterocycles. The van der Waals surface area contributed by atoms with Gasteiger partial charge in [-0.3, -0.25) is 0 Å². The molecule has 0 aliphatic rings. The largest absolute Gasteiger partial charge is 0.318 e. The number of rotatable bonds is 1. The molecule has 0 aliphatic carbocycles. The van der Waals surface area contributed by atoms with Crippen molar-refractivity contribution in [2.75, 3.05) is 0 Å². The predicted molar refractivity (Wildman–Crippen MR) is 60.0 cm³/mol. The smallest absolute Gasteiger partial charge is 0.0484 e. The highest BCUT2D eigenvalue weighted by Crippen LogP contribution is 2.19. The van der Waals surface area contributed by atoms with Crippen molar-refractivity contribution in [3.8, 4) is 5.69 Å². The standard InChI is InChI=1S/C13H15N/c1-10-6-4-5-7-13(10)14-11(2)8-9-12(14)3/h4-9H,1-3H3.